The van der Waals surface area contributed by atoms with Crippen molar-refractivity contribution in [1.29, 1.82) is 0 Å². The van der Waals surface area contributed by atoms with E-state index < -0.39 is 0 Å². The third kappa shape index (κ3) is 6.24. The molecule has 0 saturated heterocycles. The van der Waals surface area contributed by atoms with Crippen LogP contribution in [0.2, 0.25) is 0 Å². The smallest absolute Gasteiger partial charge is 1.00 e. The molecule has 0 unspecified atom stereocenters. The van der Waals surface area contributed by atoms with Gasteiger partial charge in [-0.15, -0.1) is 47.5 Å². The summed E-state index contributed by atoms with van der Waals surface area (Å²) in [6.45, 7) is 2.16. The van der Waals surface area contributed by atoms with Crippen LogP contribution in [0, 0.1) is 13.0 Å². The molecule has 4 heteroatoms. The summed E-state index contributed by atoms with van der Waals surface area (Å²) in [5.74, 6) is 0. The number of allylic oxidation sites excluding steroid dienone is 4. The molecule has 1 aromatic heterocycles. The van der Waals surface area contributed by atoms with Crippen molar-refractivity contribution in [2.45, 2.75) is 19.8 Å². The molecule has 1 aliphatic rings. The van der Waals surface area contributed by atoms with Crippen molar-refractivity contribution < 1.29 is 50.7 Å². The van der Waals surface area contributed by atoms with E-state index in [1.165, 1.54) is 44.2 Å². The first-order valence-corrected chi connectivity index (χ1v) is 10.8. The summed E-state index contributed by atoms with van der Waals surface area (Å²) in [6, 6.07) is 34.3. The maximum atomic E-state index is 3.31. The van der Waals surface area contributed by atoms with E-state index in [1.807, 2.05) is 6.07 Å². The molecule has 6 rings (SSSR count). The van der Waals surface area contributed by atoms with E-state index in [4.69, 9.17) is 0 Å². The number of para-hydroxylation sites is 1. The van der Waals surface area contributed by atoms with Crippen molar-refractivity contribution in [2.24, 2.45) is 0 Å². The zero-order valence-corrected chi connectivity index (χ0v) is 24.1. The Morgan fingerprint density at radius 1 is 0.824 bits per heavy atom. The Morgan fingerprint density at radius 2 is 1.50 bits per heavy atom. The molecule has 1 nitrogen and oxygen atoms in total. The van der Waals surface area contributed by atoms with Crippen LogP contribution in [0.3, 0.4) is 0 Å². The van der Waals surface area contributed by atoms with Gasteiger partial charge in [-0.2, -0.15) is 6.08 Å². The SMILES string of the molecule is Cc1cc2ccccc2n1-c1cc2ccccc2[cH-]1.[C-]1=C(Cc2ccccc2)C=CC1.[Cl-].[Cl-].[Hf+4]. The molecular weight excluding hydrogens is 624 g/mol. The summed E-state index contributed by atoms with van der Waals surface area (Å²) in [5, 5.41) is 3.90. The fourth-order valence-electron chi connectivity index (χ4n) is 4.29. The van der Waals surface area contributed by atoms with Crippen LogP contribution in [0.25, 0.3) is 27.4 Å². The van der Waals surface area contributed by atoms with E-state index in [1.54, 1.807) is 0 Å². The average molecular weight is 649 g/mol. The van der Waals surface area contributed by atoms with Crippen molar-refractivity contribution in [2.75, 3.05) is 0 Å². The molecule has 0 radical (unpaired) electrons. The Kier molecular flexibility index (Phi) is 10.7. The molecule has 168 valence electrons. The maximum Gasteiger partial charge on any atom is 4.00 e. The second kappa shape index (κ2) is 13.0. The summed E-state index contributed by atoms with van der Waals surface area (Å²) >= 11 is 0. The van der Waals surface area contributed by atoms with E-state index >= 15 is 0 Å². The van der Waals surface area contributed by atoms with Gasteiger partial charge in [0.25, 0.3) is 0 Å². The van der Waals surface area contributed by atoms with Gasteiger partial charge in [-0.3, -0.25) is 6.08 Å². The largest absolute Gasteiger partial charge is 4.00 e. The van der Waals surface area contributed by atoms with E-state index in [-0.39, 0.29) is 50.7 Å². The zero-order chi connectivity index (χ0) is 21.0. The second-order valence-electron chi connectivity index (χ2n) is 7.99. The summed E-state index contributed by atoms with van der Waals surface area (Å²) < 4.78 is 2.33. The van der Waals surface area contributed by atoms with Gasteiger partial charge in [-0.25, -0.2) is 11.6 Å². The minimum Gasteiger partial charge on any atom is -1.00 e. The molecule has 0 bridgehead atoms. The monoisotopic (exact) mass is 649 g/mol. The van der Waals surface area contributed by atoms with Crippen LogP contribution in [0.1, 0.15) is 17.7 Å². The van der Waals surface area contributed by atoms with Crippen molar-refractivity contribution in [3.8, 4) is 5.69 Å². The summed E-state index contributed by atoms with van der Waals surface area (Å²) in [7, 11) is 0. The first-order chi connectivity index (χ1) is 15.3. The van der Waals surface area contributed by atoms with Gasteiger partial charge in [0.2, 0.25) is 0 Å². The van der Waals surface area contributed by atoms with Gasteiger partial charge >= 0.3 is 25.8 Å². The summed E-state index contributed by atoms with van der Waals surface area (Å²) in [4.78, 5) is 0. The molecule has 0 amide bonds. The number of nitrogens with zero attached hydrogens (tertiary/aromatic N) is 1. The molecule has 1 heterocycles. The zero-order valence-electron chi connectivity index (χ0n) is 19.0. The van der Waals surface area contributed by atoms with Gasteiger partial charge in [0.05, 0.1) is 5.52 Å². The molecule has 0 aliphatic heterocycles. The van der Waals surface area contributed by atoms with Crippen LogP contribution in [-0.4, -0.2) is 4.57 Å². The molecule has 0 fully saturated rings. The Labute approximate surface area is 233 Å². The van der Waals surface area contributed by atoms with Gasteiger partial charge in [0.1, 0.15) is 0 Å². The van der Waals surface area contributed by atoms with Crippen molar-refractivity contribution >= 4 is 21.7 Å². The van der Waals surface area contributed by atoms with Crippen LogP contribution >= 0.6 is 0 Å². The van der Waals surface area contributed by atoms with Crippen molar-refractivity contribution in [1.82, 2.24) is 4.57 Å². The normalized spacial score (nSPS) is 11.6. The Morgan fingerprint density at radius 3 is 2.21 bits per heavy atom. The summed E-state index contributed by atoms with van der Waals surface area (Å²) in [5.41, 5.74) is 6.49. The molecule has 0 spiro atoms. The van der Waals surface area contributed by atoms with Crippen LogP contribution in [0.5, 0.6) is 0 Å². The quantitative estimate of drug-likeness (QED) is 0.208. The van der Waals surface area contributed by atoms with Gasteiger partial charge in [0, 0.05) is 11.1 Å². The van der Waals surface area contributed by atoms with Gasteiger partial charge in [0.15, 0.2) is 0 Å². The third-order valence-electron chi connectivity index (χ3n) is 5.76. The summed E-state index contributed by atoms with van der Waals surface area (Å²) in [6.07, 6.45) is 9.63. The minimum atomic E-state index is 0. The van der Waals surface area contributed by atoms with E-state index in [0.717, 1.165) is 12.8 Å². The fourth-order valence-corrected chi connectivity index (χ4v) is 4.29. The van der Waals surface area contributed by atoms with Crippen LogP contribution in [0.4, 0.5) is 0 Å². The first-order valence-electron chi connectivity index (χ1n) is 10.8. The fraction of sp³-hybridized carbons (Fsp3) is 0.100. The Hall–Kier alpha value is -2.26. The molecule has 34 heavy (non-hydrogen) atoms. The van der Waals surface area contributed by atoms with E-state index in [2.05, 4.69) is 121 Å². The number of hydrogen-bond acceptors (Lipinski definition) is 0. The molecule has 1 aliphatic carbocycles. The molecule has 0 saturated carbocycles. The predicted octanol–water partition coefficient (Wildman–Crippen LogP) is 1.74. The number of fused-ring (bicyclic) bond motifs is 2. The van der Waals surface area contributed by atoms with Crippen LogP contribution in [-0.2, 0) is 32.3 Å². The van der Waals surface area contributed by atoms with Crippen molar-refractivity contribution in [3.63, 3.8) is 0 Å². The standard InChI is InChI=1S/C18H14N.C12H11.2ClH.Hf/c1-13-10-16-8-4-5-9-18(16)19(13)17-11-14-6-2-3-7-15(14)12-17;1-2-6-11(7-3-1)10-12-8-4-5-9-12;;;/h2-12H,1H3;1-4,6-8H,5,10H2;2*1H;/q2*-1;;;+4/p-2. The molecule has 0 N–H and O–H groups in total. The predicted molar refractivity (Wildman–Crippen MR) is 132 cm³/mol. The third-order valence-corrected chi connectivity index (χ3v) is 5.76. The van der Waals surface area contributed by atoms with E-state index in [0.29, 0.717) is 0 Å². The molecule has 0 atom stereocenters. The Balaban J connectivity index is 0.000000240. The second-order valence-corrected chi connectivity index (χ2v) is 7.99. The minimum absolute atomic E-state index is 0. The number of aryl methyl sites for hydroxylation is 1. The molecule has 4 aromatic carbocycles. The van der Waals surface area contributed by atoms with Crippen molar-refractivity contribution in [3.05, 3.63) is 132 Å². The van der Waals surface area contributed by atoms with Crippen LogP contribution < -0.4 is 24.8 Å². The van der Waals surface area contributed by atoms with Crippen LogP contribution in [0.15, 0.2) is 115 Å². The van der Waals surface area contributed by atoms with E-state index in [9.17, 15) is 0 Å². The number of hydrogen-bond donors (Lipinski definition) is 0. The topological polar surface area (TPSA) is 4.93 Å². The number of rotatable bonds is 3. The molecule has 5 aromatic rings. The molecular formula is C30H25Cl2HfN. The van der Waals surface area contributed by atoms with Gasteiger partial charge in [-0.05, 0) is 36.7 Å². The number of benzene rings is 3. The first kappa shape index (κ1) is 28.0. The maximum absolute atomic E-state index is 3.31. The number of halogens is 2. The average Bonchev–Trinajstić information content (AvgIpc) is 3.52. The van der Waals surface area contributed by atoms with Gasteiger partial charge in [-0.1, -0.05) is 54.6 Å². The van der Waals surface area contributed by atoms with Gasteiger partial charge < -0.3 is 29.4 Å². The Bertz CT molecular complexity index is 1360. The number of aromatic nitrogens is 1.